The Kier molecular flexibility index (Phi) is 3.68. The molecule has 1 aliphatic rings. The van der Waals surface area contributed by atoms with Crippen LogP contribution in [0.5, 0.6) is 0 Å². The van der Waals surface area contributed by atoms with Crippen LogP contribution in [0.2, 0.25) is 0 Å². The summed E-state index contributed by atoms with van der Waals surface area (Å²) in [4.78, 5) is 14.3. The molecule has 2 aromatic heterocycles. The van der Waals surface area contributed by atoms with Crippen LogP contribution in [0.3, 0.4) is 0 Å². The molecule has 0 amide bonds. The van der Waals surface area contributed by atoms with Crippen molar-refractivity contribution < 1.29 is 0 Å². The van der Waals surface area contributed by atoms with Gasteiger partial charge in [0, 0.05) is 41.5 Å². The lowest BCUT2D eigenvalue weighted by Gasteiger charge is -2.11. The Balaban J connectivity index is 1.53. The molecule has 0 radical (unpaired) electrons. The highest BCUT2D eigenvalue weighted by Gasteiger charge is 2.17. The van der Waals surface area contributed by atoms with Crippen molar-refractivity contribution >= 4 is 28.5 Å². The molecule has 112 valence electrons. The monoisotopic (exact) mass is 311 g/mol. The zero-order valence-corrected chi connectivity index (χ0v) is 13.0. The standard InChI is InChI=1S/C16H17N5S/c1(7-21-8-6-17-11-21)5-18-16-15-12-4-9-22-14(12)3-2-13(15)19-10-20-16/h2-3,6,8,10-11H,1,4-5,7,9H2,(H,18,19,20). The van der Waals surface area contributed by atoms with Crippen molar-refractivity contribution in [2.75, 3.05) is 17.6 Å². The number of aromatic nitrogens is 4. The fourth-order valence-electron chi connectivity index (χ4n) is 2.87. The predicted octanol–water partition coefficient (Wildman–Crippen LogP) is 2.98. The van der Waals surface area contributed by atoms with E-state index in [1.807, 2.05) is 30.5 Å². The first-order valence-electron chi connectivity index (χ1n) is 7.51. The summed E-state index contributed by atoms with van der Waals surface area (Å²) in [6, 6.07) is 4.29. The van der Waals surface area contributed by atoms with E-state index in [-0.39, 0.29) is 0 Å². The van der Waals surface area contributed by atoms with Crippen LogP contribution in [0.25, 0.3) is 10.9 Å². The molecule has 0 saturated carbocycles. The average molecular weight is 311 g/mol. The number of rotatable bonds is 5. The largest absolute Gasteiger partial charge is 0.369 e. The minimum Gasteiger partial charge on any atom is -0.369 e. The van der Waals surface area contributed by atoms with E-state index in [2.05, 4.69) is 37.0 Å². The Labute approximate surface area is 133 Å². The lowest BCUT2D eigenvalue weighted by atomic mass is 10.1. The van der Waals surface area contributed by atoms with Gasteiger partial charge >= 0.3 is 0 Å². The normalized spacial score (nSPS) is 13.5. The Morgan fingerprint density at radius 2 is 2.27 bits per heavy atom. The topological polar surface area (TPSA) is 55.6 Å². The summed E-state index contributed by atoms with van der Waals surface area (Å²) in [5.41, 5.74) is 2.44. The number of anilines is 1. The third-order valence-electron chi connectivity index (χ3n) is 3.92. The molecule has 3 aromatic rings. The fraction of sp³-hybridized carbons (Fsp3) is 0.312. The van der Waals surface area contributed by atoms with Gasteiger partial charge < -0.3 is 9.88 Å². The number of thioether (sulfide) groups is 1. The van der Waals surface area contributed by atoms with Gasteiger partial charge in [0.15, 0.2) is 0 Å². The number of hydrogen-bond acceptors (Lipinski definition) is 5. The molecule has 1 N–H and O–H groups in total. The van der Waals surface area contributed by atoms with Crippen LogP contribution in [0.15, 0.2) is 42.1 Å². The van der Waals surface area contributed by atoms with E-state index in [0.717, 1.165) is 43.0 Å². The second kappa shape index (κ2) is 5.96. The van der Waals surface area contributed by atoms with Gasteiger partial charge in [0.1, 0.15) is 12.1 Å². The second-order valence-corrected chi connectivity index (χ2v) is 6.47. The first-order chi connectivity index (χ1) is 10.9. The molecule has 0 unspecified atom stereocenters. The average Bonchev–Trinajstić information content (AvgIpc) is 3.22. The van der Waals surface area contributed by atoms with Crippen LogP contribution in [0, 0.1) is 0 Å². The van der Waals surface area contributed by atoms with Crippen molar-refractivity contribution in [3.63, 3.8) is 0 Å². The van der Waals surface area contributed by atoms with E-state index in [4.69, 9.17) is 0 Å². The van der Waals surface area contributed by atoms with E-state index in [1.54, 1.807) is 6.33 Å². The van der Waals surface area contributed by atoms with Gasteiger partial charge in [0.25, 0.3) is 0 Å². The Hall–Kier alpha value is -2.08. The Bertz CT molecular complexity index is 785. The molecule has 0 atom stereocenters. The van der Waals surface area contributed by atoms with Crippen LogP contribution in [-0.4, -0.2) is 31.8 Å². The quantitative estimate of drug-likeness (QED) is 0.734. The van der Waals surface area contributed by atoms with Crippen LogP contribution in [0.4, 0.5) is 5.82 Å². The summed E-state index contributed by atoms with van der Waals surface area (Å²) in [6.45, 7) is 1.85. The molecular formula is C16H17N5S. The van der Waals surface area contributed by atoms with E-state index in [0.29, 0.717) is 0 Å². The maximum Gasteiger partial charge on any atom is 0.137 e. The molecule has 0 spiro atoms. The number of imidazole rings is 1. The number of hydrogen-bond donors (Lipinski definition) is 1. The van der Waals surface area contributed by atoms with Crippen LogP contribution in [0.1, 0.15) is 12.0 Å². The summed E-state index contributed by atoms with van der Waals surface area (Å²) in [5.74, 6) is 2.12. The highest BCUT2D eigenvalue weighted by molar-refractivity contribution is 7.99. The number of aryl methyl sites for hydroxylation is 2. The zero-order chi connectivity index (χ0) is 14.8. The predicted molar refractivity (Wildman–Crippen MR) is 89.3 cm³/mol. The van der Waals surface area contributed by atoms with Crippen LogP contribution in [-0.2, 0) is 13.0 Å². The fourth-order valence-corrected chi connectivity index (χ4v) is 3.94. The van der Waals surface area contributed by atoms with Gasteiger partial charge in [-0.2, -0.15) is 0 Å². The highest BCUT2D eigenvalue weighted by atomic mass is 32.2. The summed E-state index contributed by atoms with van der Waals surface area (Å²) < 4.78 is 2.09. The van der Waals surface area contributed by atoms with Crippen molar-refractivity contribution in [1.82, 2.24) is 19.5 Å². The van der Waals surface area contributed by atoms with Crippen molar-refractivity contribution in [3.05, 3.63) is 42.7 Å². The third kappa shape index (κ3) is 2.54. The van der Waals surface area contributed by atoms with Gasteiger partial charge in [0.2, 0.25) is 0 Å². The number of benzene rings is 1. The summed E-state index contributed by atoms with van der Waals surface area (Å²) >= 11 is 1.92. The molecule has 0 aliphatic carbocycles. The van der Waals surface area contributed by atoms with Gasteiger partial charge in [-0.3, -0.25) is 0 Å². The molecule has 0 saturated heterocycles. The molecule has 0 fully saturated rings. The van der Waals surface area contributed by atoms with Gasteiger partial charge in [0.05, 0.1) is 11.8 Å². The second-order valence-electron chi connectivity index (χ2n) is 5.34. The third-order valence-corrected chi connectivity index (χ3v) is 5.02. The maximum atomic E-state index is 4.47. The van der Waals surface area contributed by atoms with Gasteiger partial charge in [-0.15, -0.1) is 11.8 Å². The molecule has 22 heavy (non-hydrogen) atoms. The number of fused-ring (bicyclic) bond motifs is 3. The molecule has 3 heterocycles. The molecule has 0 bridgehead atoms. The Morgan fingerprint density at radius 3 is 3.18 bits per heavy atom. The molecular weight excluding hydrogens is 294 g/mol. The minimum atomic E-state index is 0.890. The first kappa shape index (κ1) is 13.6. The maximum absolute atomic E-state index is 4.47. The van der Waals surface area contributed by atoms with E-state index < -0.39 is 0 Å². The van der Waals surface area contributed by atoms with Crippen molar-refractivity contribution in [3.8, 4) is 0 Å². The zero-order valence-electron chi connectivity index (χ0n) is 12.2. The number of nitrogens with zero attached hydrogens (tertiary/aromatic N) is 4. The van der Waals surface area contributed by atoms with E-state index in [1.165, 1.54) is 15.8 Å². The molecule has 5 nitrogen and oxygen atoms in total. The summed E-state index contributed by atoms with van der Waals surface area (Å²) in [6.07, 6.45) is 9.44. The first-order valence-corrected chi connectivity index (χ1v) is 8.49. The lowest BCUT2D eigenvalue weighted by molar-refractivity contribution is 0.660. The summed E-state index contributed by atoms with van der Waals surface area (Å²) in [7, 11) is 0. The molecule has 6 heteroatoms. The minimum absolute atomic E-state index is 0.890. The van der Waals surface area contributed by atoms with Crippen LogP contribution < -0.4 is 5.32 Å². The Morgan fingerprint density at radius 1 is 1.27 bits per heavy atom. The molecule has 1 aliphatic heterocycles. The smallest absolute Gasteiger partial charge is 0.137 e. The van der Waals surface area contributed by atoms with Crippen LogP contribution >= 0.6 is 11.8 Å². The van der Waals surface area contributed by atoms with Gasteiger partial charge in [-0.05, 0) is 30.5 Å². The SMILES string of the molecule is c1cn(CCCNc2ncnc3ccc4c(c23)CCS4)cn1. The van der Waals surface area contributed by atoms with E-state index in [9.17, 15) is 0 Å². The van der Waals surface area contributed by atoms with Gasteiger partial charge in [-0.1, -0.05) is 0 Å². The van der Waals surface area contributed by atoms with Gasteiger partial charge in [-0.25, -0.2) is 15.0 Å². The highest BCUT2D eigenvalue weighted by Crippen LogP contribution is 2.37. The van der Waals surface area contributed by atoms with Crippen molar-refractivity contribution in [2.24, 2.45) is 0 Å². The molecule has 1 aromatic carbocycles. The van der Waals surface area contributed by atoms with Crippen molar-refractivity contribution in [1.29, 1.82) is 0 Å². The lowest BCUT2D eigenvalue weighted by Crippen LogP contribution is -2.08. The molecule has 4 rings (SSSR count). The summed E-state index contributed by atoms with van der Waals surface area (Å²) in [5, 5.41) is 4.69. The van der Waals surface area contributed by atoms with Crippen molar-refractivity contribution in [2.45, 2.75) is 24.3 Å². The van der Waals surface area contributed by atoms with E-state index >= 15 is 0 Å². The number of nitrogens with one attached hydrogen (secondary N) is 1.